The van der Waals surface area contributed by atoms with Gasteiger partial charge < -0.3 is 10.1 Å². The molecule has 0 saturated heterocycles. The summed E-state index contributed by atoms with van der Waals surface area (Å²) in [7, 11) is 0. The molecule has 0 amide bonds. The van der Waals surface area contributed by atoms with Crippen LogP contribution < -0.4 is 15.1 Å². The summed E-state index contributed by atoms with van der Waals surface area (Å²) in [6.07, 6.45) is -0.285. The molecular formula is C22H26N4O. The summed E-state index contributed by atoms with van der Waals surface area (Å²) in [6, 6.07) is 20.7. The van der Waals surface area contributed by atoms with E-state index in [0.717, 1.165) is 35.3 Å². The number of anilines is 2. The Morgan fingerprint density at radius 1 is 1.00 bits per heavy atom. The normalized spacial score (nSPS) is 19.3. The summed E-state index contributed by atoms with van der Waals surface area (Å²) in [6.45, 7) is 7.76. The lowest BCUT2D eigenvalue weighted by molar-refractivity contribution is 0.0727. The van der Waals surface area contributed by atoms with Crippen molar-refractivity contribution in [2.75, 3.05) is 23.0 Å². The van der Waals surface area contributed by atoms with Crippen LogP contribution in [0, 0.1) is 5.92 Å². The van der Waals surface area contributed by atoms with E-state index in [1.807, 2.05) is 31.2 Å². The van der Waals surface area contributed by atoms with Crippen molar-refractivity contribution in [2.45, 2.75) is 27.1 Å². The molecule has 0 radical (unpaired) electrons. The molecule has 0 spiro atoms. The lowest BCUT2D eigenvalue weighted by atomic mass is 10.1. The predicted molar refractivity (Wildman–Crippen MR) is 111 cm³/mol. The van der Waals surface area contributed by atoms with E-state index in [-0.39, 0.29) is 6.35 Å². The van der Waals surface area contributed by atoms with Crippen molar-refractivity contribution in [3.63, 3.8) is 0 Å². The minimum Gasteiger partial charge on any atom is -0.363 e. The summed E-state index contributed by atoms with van der Waals surface area (Å²) in [5, 5.41) is 3.60. The Balaban J connectivity index is 1.87. The van der Waals surface area contributed by atoms with Crippen LogP contribution in [0.1, 0.15) is 20.8 Å². The number of para-hydroxylation sites is 2. The summed E-state index contributed by atoms with van der Waals surface area (Å²) >= 11 is 0. The van der Waals surface area contributed by atoms with E-state index in [1.165, 1.54) is 0 Å². The third kappa shape index (κ3) is 3.19. The molecule has 0 fully saturated rings. The van der Waals surface area contributed by atoms with Gasteiger partial charge in [0, 0.05) is 23.7 Å². The third-order valence-electron chi connectivity index (χ3n) is 4.86. The van der Waals surface area contributed by atoms with Crippen LogP contribution in [-0.2, 0) is 4.74 Å². The molecule has 27 heavy (non-hydrogen) atoms. The molecule has 0 aliphatic carbocycles. The number of nitrogens with one attached hydrogen (secondary N) is 1. The molecule has 0 saturated carbocycles. The fourth-order valence-electron chi connectivity index (χ4n) is 3.49. The molecule has 2 heterocycles. The van der Waals surface area contributed by atoms with Gasteiger partial charge in [0.25, 0.3) is 0 Å². The predicted octanol–water partition coefficient (Wildman–Crippen LogP) is 4.16. The molecule has 2 aliphatic heterocycles. The highest BCUT2D eigenvalue weighted by Crippen LogP contribution is 2.39. The number of hydrogen-bond donors (Lipinski definition) is 1. The second kappa shape index (κ2) is 7.45. The van der Waals surface area contributed by atoms with Gasteiger partial charge in [-0.05, 0) is 37.1 Å². The van der Waals surface area contributed by atoms with Crippen molar-refractivity contribution in [3.8, 4) is 0 Å². The number of ether oxygens (including phenoxy) is 1. The second-order valence-corrected chi connectivity index (χ2v) is 6.98. The third-order valence-corrected chi connectivity index (χ3v) is 4.86. The highest BCUT2D eigenvalue weighted by Gasteiger charge is 2.42. The summed E-state index contributed by atoms with van der Waals surface area (Å²) in [5.41, 5.74) is 3.30. The molecule has 2 aromatic carbocycles. The zero-order chi connectivity index (χ0) is 18.8. The first-order valence-corrected chi connectivity index (χ1v) is 9.56. The van der Waals surface area contributed by atoms with Crippen molar-refractivity contribution in [3.05, 3.63) is 72.3 Å². The molecule has 5 nitrogen and oxygen atoms in total. The fraction of sp³-hybridized carbons (Fsp3) is 0.318. The van der Waals surface area contributed by atoms with Crippen LogP contribution in [0.2, 0.25) is 0 Å². The van der Waals surface area contributed by atoms with E-state index in [4.69, 9.17) is 9.73 Å². The van der Waals surface area contributed by atoms with Crippen molar-refractivity contribution in [2.24, 2.45) is 10.9 Å². The van der Waals surface area contributed by atoms with Gasteiger partial charge in [-0.2, -0.15) is 0 Å². The highest BCUT2D eigenvalue weighted by atomic mass is 16.5. The van der Waals surface area contributed by atoms with E-state index in [2.05, 4.69) is 65.4 Å². The minimum atomic E-state index is -0.285. The zero-order valence-corrected chi connectivity index (χ0v) is 16.1. The van der Waals surface area contributed by atoms with Crippen molar-refractivity contribution >= 4 is 17.1 Å². The monoisotopic (exact) mass is 362 g/mol. The van der Waals surface area contributed by atoms with Crippen molar-refractivity contribution in [1.82, 2.24) is 5.32 Å². The van der Waals surface area contributed by atoms with E-state index < -0.39 is 0 Å². The molecule has 4 rings (SSSR count). The first-order chi connectivity index (χ1) is 13.2. The van der Waals surface area contributed by atoms with Gasteiger partial charge in [-0.3, -0.25) is 9.80 Å². The second-order valence-electron chi connectivity index (χ2n) is 6.98. The van der Waals surface area contributed by atoms with Crippen LogP contribution in [-0.4, -0.2) is 25.2 Å². The average molecular weight is 362 g/mol. The fourth-order valence-corrected chi connectivity index (χ4v) is 3.49. The van der Waals surface area contributed by atoms with Crippen LogP contribution in [0.4, 0.5) is 11.4 Å². The van der Waals surface area contributed by atoms with Crippen molar-refractivity contribution in [1.29, 1.82) is 0 Å². The van der Waals surface area contributed by atoms with E-state index in [1.54, 1.807) is 0 Å². The Kier molecular flexibility index (Phi) is 4.86. The molecule has 2 aromatic rings. The molecule has 2 aliphatic rings. The van der Waals surface area contributed by atoms with Gasteiger partial charge in [-0.15, -0.1) is 0 Å². The highest BCUT2D eigenvalue weighted by molar-refractivity contribution is 5.91. The first kappa shape index (κ1) is 17.6. The van der Waals surface area contributed by atoms with Crippen LogP contribution >= 0.6 is 0 Å². The summed E-state index contributed by atoms with van der Waals surface area (Å²) in [4.78, 5) is 9.43. The quantitative estimate of drug-likeness (QED) is 0.867. The molecule has 1 atom stereocenters. The minimum absolute atomic E-state index is 0.285. The number of nitrogens with zero attached hydrogens (tertiary/aromatic N) is 3. The first-order valence-electron chi connectivity index (χ1n) is 9.56. The smallest absolute Gasteiger partial charge is 0.221 e. The maximum absolute atomic E-state index is 6.23. The zero-order valence-electron chi connectivity index (χ0n) is 16.1. The lowest BCUT2D eigenvalue weighted by Crippen LogP contribution is -2.44. The maximum Gasteiger partial charge on any atom is 0.221 e. The number of benzene rings is 2. The van der Waals surface area contributed by atoms with Gasteiger partial charge in [0.1, 0.15) is 0 Å². The van der Waals surface area contributed by atoms with E-state index >= 15 is 0 Å². The maximum atomic E-state index is 6.23. The van der Waals surface area contributed by atoms with Gasteiger partial charge in [0.15, 0.2) is 11.6 Å². The Morgan fingerprint density at radius 2 is 1.59 bits per heavy atom. The number of hydrogen-bond acceptors (Lipinski definition) is 5. The molecule has 1 unspecified atom stereocenters. The van der Waals surface area contributed by atoms with Gasteiger partial charge in [0.2, 0.25) is 6.35 Å². The lowest BCUT2D eigenvalue weighted by Gasteiger charge is -2.33. The summed E-state index contributed by atoms with van der Waals surface area (Å²) in [5.74, 6) is 2.30. The molecular weight excluding hydrogens is 336 g/mol. The Bertz CT molecular complexity index is 845. The van der Waals surface area contributed by atoms with Crippen LogP contribution in [0.15, 0.2) is 77.3 Å². The van der Waals surface area contributed by atoms with Crippen LogP contribution in [0.3, 0.4) is 0 Å². The average Bonchev–Trinajstić information content (AvgIpc) is 3.02. The van der Waals surface area contributed by atoms with Crippen LogP contribution in [0.5, 0.6) is 0 Å². The van der Waals surface area contributed by atoms with Crippen molar-refractivity contribution < 1.29 is 4.74 Å². The molecule has 0 bridgehead atoms. The van der Waals surface area contributed by atoms with Crippen LogP contribution in [0.25, 0.3) is 0 Å². The van der Waals surface area contributed by atoms with E-state index in [0.29, 0.717) is 12.5 Å². The standard InChI is InChI=1S/C22H26N4O/c1-4-27-22-25(17-11-7-5-8-12-17)20-21(24-19(15-23-20)16(2)3)26(22)18-13-9-6-10-14-18/h5-14,16,22-23H,4,15H2,1-3H3. The Hall–Kier alpha value is -2.79. The number of rotatable bonds is 5. The Morgan fingerprint density at radius 3 is 2.15 bits per heavy atom. The SMILES string of the molecule is CCOC1N(c2ccccc2)C2=C(NCC(C(C)C)=N2)N1c1ccccc1. The molecule has 1 N–H and O–H groups in total. The largest absolute Gasteiger partial charge is 0.363 e. The summed E-state index contributed by atoms with van der Waals surface area (Å²) < 4.78 is 6.23. The van der Waals surface area contributed by atoms with E-state index in [9.17, 15) is 0 Å². The van der Waals surface area contributed by atoms with Gasteiger partial charge >= 0.3 is 0 Å². The number of aliphatic imine (C=N–C) groups is 1. The van der Waals surface area contributed by atoms with Gasteiger partial charge in [-0.25, -0.2) is 4.99 Å². The topological polar surface area (TPSA) is 40.1 Å². The van der Waals surface area contributed by atoms with Gasteiger partial charge in [-0.1, -0.05) is 50.2 Å². The van der Waals surface area contributed by atoms with Gasteiger partial charge in [0.05, 0.1) is 6.54 Å². The molecule has 0 aromatic heterocycles. The molecule has 140 valence electrons. The molecule has 5 heteroatoms. The Labute approximate surface area is 161 Å².